The van der Waals surface area contributed by atoms with Crippen LogP contribution in [0.4, 0.5) is 0 Å². The molecule has 2 saturated carbocycles. The van der Waals surface area contributed by atoms with Crippen molar-refractivity contribution >= 4 is 5.97 Å². The SMILES string of the molecule is C=C(C(=O)OC1CCCCCCC1)C1CCCCCCC1. The summed E-state index contributed by atoms with van der Waals surface area (Å²) in [4.78, 5) is 12.4. The van der Waals surface area contributed by atoms with Crippen LogP contribution in [0.15, 0.2) is 12.2 Å². The lowest BCUT2D eigenvalue weighted by atomic mass is 9.86. The standard InChI is InChI=1S/C19H32O2/c1-16(17-12-8-4-2-5-9-13-17)19(20)21-18-14-10-6-3-7-11-15-18/h17-18H,1-15H2. The van der Waals surface area contributed by atoms with E-state index in [0.29, 0.717) is 5.92 Å². The van der Waals surface area contributed by atoms with Crippen LogP contribution in [0.3, 0.4) is 0 Å². The third kappa shape index (κ3) is 5.84. The zero-order valence-corrected chi connectivity index (χ0v) is 13.6. The van der Waals surface area contributed by atoms with Crippen LogP contribution in [0.5, 0.6) is 0 Å². The molecule has 2 nitrogen and oxygen atoms in total. The van der Waals surface area contributed by atoms with E-state index in [1.165, 1.54) is 64.2 Å². The fraction of sp³-hybridized carbons (Fsp3) is 0.842. The van der Waals surface area contributed by atoms with E-state index in [4.69, 9.17) is 4.74 Å². The average molecular weight is 292 g/mol. The molecule has 0 atom stereocenters. The minimum atomic E-state index is -0.105. The molecule has 0 aliphatic heterocycles. The third-order valence-electron chi connectivity index (χ3n) is 5.19. The second-order valence-electron chi connectivity index (χ2n) is 6.94. The minimum absolute atomic E-state index is 0.105. The first-order chi connectivity index (χ1) is 10.3. The molecule has 120 valence electrons. The number of carbonyl (C=O) groups excluding carboxylic acids is 1. The second kappa shape index (κ2) is 9.27. The molecule has 0 aromatic rings. The predicted molar refractivity (Wildman–Crippen MR) is 87.1 cm³/mol. The Morgan fingerprint density at radius 1 is 0.714 bits per heavy atom. The minimum Gasteiger partial charge on any atom is -0.459 e. The first-order valence-electron chi connectivity index (χ1n) is 9.17. The first kappa shape index (κ1) is 16.6. The smallest absolute Gasteiger partial charge is 0.333 e. The molecule has 0 saturated heterocycles. The zero-order valence-electron chi connectivity index (χ0n) is 13.6. The molecule has 2 rings (SSSR count). The molecule has 0 amide bonds. The van der Waals surface area contributed by atoms with Crippen molar-refractivity contribution in [2.24, 2.45) is 5.92 Å². The number of hydrogen-bond donors (Lipinski definition) is 0. The normalized spacial score (nSPS) is 23.4. The highest BCUT2D eigenvalue weighted by Gasteiger charge is 2.23. The molecule has 0 N–H and O–H groups in total. The van der Waals surface area contributed by atoms with Gasteiger partial charge in [-0.3, -0.25) is 0 Å². The van der Waals surface area contributed by atoms with Gasteiger partial charge in [-0.15, -0.1) is 0 Å². The van der Waals surface area contributed by atoms with Gasteiger partial charge in [0.05, 0.1) is 0 Å². The molecule has 2 aliphatic rings. The maximum Gasteiger partial charge on any atom is 0.333 e. The molecule has 0 radical (unpaired) electrons. The summed E-state index contributed by atoms with van der Waals surface area (Å²) in [5.41, 5.74) is 0.749. The third-order valence-corrected chi connectivity index (χ3v) is 5.19. The monoisotopic (exact) mass is 292 g/mol. The summed E-state index contributed by atoms with van der Waals surface area (Å²) >= 11 is 0. The van der Waals surface area contributed by atoms with Crippen LogP contribution in [0.1, 0.15) is 89.9 Å². The van der Waals surface area contributed by atoms with E-state index in [-0.39, 0.29) is 12.1 Å². The van der Waals surface area contributed by atoms with Crippen LogP contribution >= 0.6 is 0 Å². The van der Waals surface area contributed by atoms with Gasteiger partial charge in [-0.1, -0.05) is 57.9 Å². The number of hydrogen-bond acceptors (Lipinski definition) is 2. The highest BCUT2D eigenvalue weighted by Crippen LogP contribution is 2.29. The average Bonchev–Trinajstić information content (AvgIpc) is 2.40. The lowest BCUT2D eigenvalue weighted by molar-refractivity contribution is -0.146. The van der Waals surface area contributed by atoms with Gasteiger partial charge in [0.2, 0.25) is 0 Å². The Bertz CT molecular complexity index is 318. The summed E-state index contributed by atoms with van der Waals surface area (Å²) < 4.78 is 5.78. The van der Waals surface area contributed by atoms with Crippen LogP contribution in [-0.2, 0) is 9.53 Å². The summed E-state index contributed by atoms with van der Waals surface area (Å²) in [7, 11) is 0. The van der Waals surface area contributed by atoms with Gasteiger partial charge in [0.15, 0.2) is 0 Å². The largest absolute Gasteiger partial charge is 0.459 e. The molecule has 2 aliphatic carbocycles. The molecule has 0 spiro atoms. The highest BCUT2D eigenvalue weighted by molar-refractivity contribution is 5.88. The van der Waals surface area contributed by atoms with Gasteiger partial charge >= 0.3 is 5.97 Å². The fourth-order valence-corrected chi connectivity index (χ4v) is 3.73. The summed E-state index contributed by atoms with van der Waals surface area (Å²) in [5, 5.41) is 0. The predicted octanol–water partition coefficient (Wildman–Crippen LogP) is 5.56. The molecule has 21 heavy (non-hydrogen) atoms. The van der Waals surface area contributed by atoms with Crippen molar-refractivity contribution in [3.8, 4) is 0 Å². The summed E-state index contributed by atoms with van der Waals surface area (Å²) in [5.74, 6) is 0.262. The lowest BCUT2D eigenvalue weighted by Gasteiger charge is -2.24. The van der Waals surface area contributed by atoms with E-state index >= 15 is 0 Å². The molecule has 0 bridgehead atoms. The van der Waals surface area contributed by atoms with Crippen molar-refractivity contribution in [2.45, 2.75) is 96.0 Å². The van der Waals surface area contributed by atoms with Crippen molar-refractivity contribution in [3.05, 3.63) is 12.2 Å². The van der Waals surface area contributed by atoms with E-state index in [0.717, 1.165) is 31.3 Å². The van der Waals surface area contributed by atoms with Crippen molar-refractivity contribution in [3.63, 3.8) is 0 Å². The number of rotatable bonds is 3. The van der Waals surface area contributed by atoms with Crippen molar-refractivity contribution in [1.82, 2.24) is 0 Å². The Morgan fingerprint density at radius 3 is 1.67 bits per heavy atom. The second-order valence-corrected chi connectivity index (χ2v) is 6.94. The summed E-state index contributed by atoms with van der Waals surface area (Å²) in [6, 6.07) is 0. The summed E-state index contributed by atoms with van der Waals surface area (Å²) in [6.45, 7) is 4.08. The molecule has 0 unspecified atom stereocenters. The van der Waals surface area contributed by atoms with E-state index in [1.54, 1.807) is 0 Å². The Hall–Kier alpha value is -0.790. The Balaban J connectivity index is 1.81. The number of carbonyl (C=O) groups is 1. The lowest BCUT2D eigenvalue weighted by Crippen LogP contribution is -2.23. The maximum absolute atomic E-state index is 12.4. The van der Waals surface area contributed by atoms with Crippen LogP contribution < -0.4 is 0 Å². The van der Waals surface area contributed by atoms with Gasteiger partial charge in [0.25, 0.3) is 0 Å². The van der Waals surface area contributed by atoms with Crippen LogP contribution in [0.2, 0.25) is 0 Å². The van der Waals surface area contributed by atoms with E-state index in [1.807, 2.05) is 0 Å². The molecule has 2 heteroatoms. The van der Waals surface area contributed by atoms with Gasteiger partial charge in [-0.25, -0.2) is 4.79 Å². The maximum atomic E-state index is 12.4. The van der Waals surface area contributed by atoms with E-state index in [9.17, 15) is 4.79 Å². The van der Waals surface area contributed by atoms with Crippen molar-refractivity contribution in [1.29, 1.82) is 0 Å². The Morgan fingerprint density at radius 2 is 1.14 bits per heavy atom. The molecule has 0 aromatic heterocycles. The molecular formula is C19H32O2. The Kier molecular flexibility index (Phi) is 7.32. The highest BCUT2D eigenvalue weighted by atomic mass is 16.5. The van der Waals surface area contributed by atoms with Gasteiger partial charge < -0.3 is 4.74 Å². The topological polar surface area (TPSA) is 26.3 Å². The first-order valence-corrected chi connectivity index (χ1v) is 9.17. The quantitative estimate of drug-likeness (QED) is 0.503. The fourth-order valence-electron chi connectivity index (χ4n) is 3.73. The van der Waals surface area contributed by atoms with Crippen LogP contribution in [0.25, 0.3) is 0 Å². The van der Waals surface area contributed by atoms with Crippen molar-refractivity contribution < 1.29 is 9.53 Å². The van der Waals surface area contributed by atoms with Gasteiger partial charge in [-0.2, -0.15) is 0 Å². The van der Waals surface area contributed by atoms with Gasteiger partial charge in [0, 0.05) is 5.57 Å². The van der Waals surface area contributed by atoms with E-state index in [2.05, 4.69) is 6.58 Å². The van der Waals surface area contributed by atoms with E-state index < -0.39 is 0 Å². The zero-order chi connectivity index (χ0) is 14.9. The molecule has 2 fully saturated rings. The van der Waals surface area contributed by atoms with Gasteiger partial charge in [0.1, 0.15) is 6.10 Å². The molecular weight excluding hydrogens is 260 g/mol. The summed E-state index contributed by atoms with van der Waals surface area (Å²) in [6.07, 6.45) is 17.2. The van der Waals surface area contributed by atoms with Crippen LogP contribution in [-0.4, -0.2) is 12.1 Å². The van der Waals surface area contributed by atoms with Crippen molar-refractivity contribution in [2.75, 3.05) is 0 Å². The molecule has 0 aromatic carbocycles. The number of ether oxygens (including phenoxy) is 1. The molecule has 0 heterocycles. The number of esters is 1. The Labute approximate surface area is 130 Å². The van der Waals surface area contributed by atoms with Crippen LogP contribution in [0, 0.1) is 5.92 Å². The van der Waals surface area contributed by atoms with Gasteiger partial charge in [-0.05, 0) is 44.4 Å².